The Bertz CT molecular complexity index is 722. The van der Waals surface area contributed by atoms with E-state index < -0.39 is 11.4 Å². The molecule has 6 heteroatoms. The molecule has 1 aromatic rings. The van der Waals surface area contributed by atoms with E-state index in [-0.39, 0.29) is 23.6 Å². The van der Waals surface area contributed by atoms with Crippen LogP contribution in [-0.4, -0.2) is 39.5 Å². The van der Waals surface area contributed by atoms with Gasteiger partial charge in [-0.05, 0) is 51.7 Å². The predicted molar refractivity (Wildman–Crippen MR) is 91.3 cm³/mol. The van der Waals surface area contributed by atoms with Crippen LogP contribution in [0.25, 0.3) is 0 Å². The van der Waals surface area contributed by atoms with E-state index in [9.17, 15) is 19.5 Å². The summed E-state index contributed by atoms with van der Waals surface area (Å²) in [6.07, 6.45) is 1.67. The first-order valence-corrected chi connectivity index (χ1v) is 8.51. The third-order valence-electron chi connectivity index (χ3n) is 5.23. The fourth-order valence-electron chi connectivity index (χ4n) is 3.66. The molecule has 6 nitrogen and oxygen atoms in total. The van der Waals surface area contributed by atoms with Gasteiger partial charge in [0, 0.05) is 25.3 Å². The summed E-state index contributed by atoms with van der Waals surface area (Å²) in [5.41, 5.74) is 0.442. The van der Waals surface area contributed by atoms with Gasteiger partial charge in [0.15, 0.2) is 0 Å². The van der Waals surface area contributed by atoms with Gasteiger partial charge in [-0.3, -0.25) is 14.4 Å². The first-order chi connectivity index (χ1) is 11.3. The Labute approximate surface area is 142 Å². The highest BCUT2D eigenvalue weighted by atomic mass is 16.4. The van der Waals surface area contributed by atoms with E-state index in [4.69, 9.17) is 0 Å². The lowest BCUT2D eigenvalue weighted by Gasteiger charge is -2.39. The fraction of sp³-hybridized carbons (Fsp3) is 0.611. The first-order valence-electron chi connectivity index (χ1n) is 8.51. The number of aromatic nitrogens is 1. The van der Waals surface area contributed by atoms with Gasteiger partial charge in [0.25, 0.3) is 11.5 Å². The smallest absolute Gasteiger partial charge is 0.311 e. The summed E-state index contributed by atoms with van der Waals surface area (Å²) in [4.78, 5) is 38.9. The van der Waals surface area contributed by atoms with Crippen molar-refractivity contribution in [2.24, 2.45) is 5.41 Å². The maximum Gasteiger partial charge on any atom is 0.311 e. The Kier molecular flexibility index (Phi) is 5.16. The number of likely N-dealkylation sites (tertiary alicyclic amines) is 1. The highest BCUT2D eigenvalue weighted by Crippen LogP contribution is 2.34. The maximum absolute atomic E-state index is 13.0. The van der Waals surface area contributed by atoms with E-state index in [1.807, 2.05) is 26.8 Å². The molecular weight excluding hydrogens is 308 g/mol. The molecule has 0 bridgehead atoms. The van der Waals surface area contributed by atoms with Gasteiger partial charge in [-0.2, -0.15) is 0 Å². The van der Waals surface area contributed by atoms with Gasteiger partial charge in [-0.15, -0.1) is 0 Å². The molecule has 0 unspecified atom stereocenters. The molecule has 2 rings (SSSR count). The second-order valence-electron chi connectivity index (χ2n) is 6.66. The molecule has 1 saturated heterocycles. The number of aliphatic carboxylic acids is 1. The molecule has 0 saturated carbocycles. The molecule has 0 radical (unpaired) electrons. The first kappa shape index (κ1) is 18.2. The summed E-state index contributed by atoms with van der Waals surface area (Å²) < 4.78 is 1.58. The summed E-state index contributed by atoms with van der Waals surface area (Å²) in [6.45, 7) is 8.46. The quantitative estimate of drug-likeness (QED) is 0.915. The van der Waals surface area contributed by atoms with E-state index >= 15 is 0 Å². The highest BCUT2D eigenvalue weighted by Gasteiger charge is 2.42. The van der Waals surface area contributed by atoms with Gasteiger partial charge in [0.1, 0.15) is 5.56 Å². The number of nitrogens with zero attached hydrogens (tertiary/aromatic N) is 2. The number of carboxylic acids is 1. The number of hydrogen-bond donors (Lipinski definition) is 1. The van der Waals surface area contributed by atoms with E-state index in [0.717, 1.165) is 5.69 Å². The number of hydrogen-bond acceptors (Lipinski definition) is 3. The van der Waals surface area contributed by atoms with E-state index in [1.54, 1.807) is 16.4 Å². The summed E-state index contributed by atoms with van der Waals surface area (Å²) in [7, 11) is 0. The van der Waals surface area contributed by atoms with E-state index in [0.29, 0.717) is 37.9 Å². The van der Waals surface area contributed by atoms with Crippen LogP contribution in [0.5, 0.6) is 0 Å². The molecule has 1 atom stereocenters. The largest absolute Gasteiger partial charge is 0.481 e. The van der Waals surface area contributed by atoms with Crippen molar-refractivity contribution in [3.8, 4) is 0 Å². The normalized spacial score (nSPS) is 20.9. The number of piperidine rings is 1. The summed E-state index contributed by atoms with van der Waals surface area (Å²) >= 11 is 0. The predicted octanol–water partition coefficient (Wildman–Crippen LogP) is 2.20. The second kappa shape index (κ2) is 6.79. The number of rotatable bonds is 4. The van der Waals surface area contributed by atoms with Crippen LogP contribution in [0.1, 0.15) is 54.7 Å². The van der Waals surface area contributed by atoms with Gasteiger partial charge in [-0.25, -0.2) is 0 Å². The van der Waals surface area contributed by atoms with Gasteiger partial charge in [0.2, 0.25) is 0 Å². The number of pyridine rings is 1. The van der Waals surface area contributed by atoms with Crippen LogP contribution < -0.4 is 5.56 Å². The number of carbonyl (C=O) groups excluding carboxylic acids is 1. The Morgan fingerprint density at radius 1 is 1.29 bits per heavy atom. The van der Waals surface area contributed by atoms with Gasteiger partial charge in [0.05, 0.1) is 5.41 Å². The molecule has 1 N–H and O–H groups in total. The van der Waals surface area contributed by atoms with Crippen molar-refractivity contribution < 1.29 is 14.7 Å². The molecule has 1 aliphatic rings. The minimum Gasteiger partial charge on any atom is -0.481 e. The molecule has 0 aliphatic carbocycles. The van der Waals surface area contributed by atoms with Crippen molar-refractivity contribution in [3.63, 3.8) is 0 Å². The third kappa shape index (κ3) is 2.97. The molecule has 1 amide bonds. The summed E-state index contributed by atoms with van der Waals surface area (Å²) in [5.74, 6) is -1.22. The van der Waals surface area contributed by atoms with Crippen LogP contribution in [0, 0.1) is 19.3 Å². The monoisotopic (exact) mass is 334 g/mol. The molecule has 1 fully saturated rings. The van der Waals surface area contributed by atoms with Gasteiger partial charge < -0.3 is 14.6 Å². The lowest BCUT2D eigenvalue weighted by atomic mass is 9.77. The molecule has 24 heavy (non-hydrogen) atoms. The van der Waals surface area contributed by atoms with E-state index in [1.165, 1.54) is 0 Å². The van der Waals surface area contributed by atoms with E-state index in [2.05, 4.69) is 0 Å². The fourth-order valence-corrected chi connectivity index (χ4v) is 3.66. The Balaban J connectivity index is 2.43. The number of amides is 1. The van der Waals surface area contributed by atoms with Gasteiger partial charge >= 0.3 is 5.97 Å². The van der Waals surface area contributed by atoms with Crippen LogP contribution in [0.4, 0.5) is 0 Å². The highest BCUT2D eigenvalue weighted by molar-refractivity contribution is 5.95. The molecule has 1 aromatic heterocycles. The zero-order chi connectivity index (χ0) is 18.1. The molecule has 1 aliphatic heterocycles. The lowest BCUT2D eigenvalue weighted by molar-refractivity contribution is -0.152. The number of aryl methyl sites for hydroxylation is 2. The van der Waals surface area contributed by atoms with Crippen molar-refractivity contribution in [1.82, 2.24) is 9.47 Å². The molecule has 0 spiro atoms. The van der Waals surface area contributed by atoms with Crippen LogP contribution in [0.2, 0.25) is 0 Å². The van der Waals surface area contributed by atoms with Crippen molar-refractivity contribution in [3.05, 3.63) is 33.2 Å². The van der Waals surface area contributed by atoms with Crippen molar-refractivity contribution in [1.29, 1.82) is 0 Å². The van der Waals surface area contributed by atoms with Crippen molar-refractivity contribution >= 4 is 11.9 Å². The van der Waals surface area contributed by atoms with Crippen molar-refractivity contribution in [2.75, 3.05) is 13.1 Å². The molecule has 2 heterocycles. The average molecular weight is 334 g/mol. The SMILES string of the molecule is CCn1c(C)cc(C)c(C(=O)N2CCC[C@](CC)(C(=O)O)C2)c1=O. The topological polar surface area (TPSA) is 79.6 Å². The van der Waals surface area contributed by atoms with Gasteiger partial charge in [-0.1, -0.05) is 6.92 Å². The minimum atomic E-state index is -0.906. The Morgan fingerprint density at radius 3 is 2.50 bits per heavy atom. The van der Waals surface area contributed by atoms with Crippen LogP contribution in [-0.2, 0) is 11.3 Å². The Morgan fingerprint density at radius 2 is 1.96 bits per heavy atom. The zero-order valence-electron chi connectivity index (χ0n) is 14.9. The average Bonchev–Trinajstić information content (AvgIpc) is 2.54. The maximum atomic E-state index is 13.0. The third-order valence-corrected chi connectivity index (χ3v) is 5.23. The summed E-state index contributed by atoms with van der Waals surface area (Å²) in [6, 6.07) is 1.84. The molecule has 0 aromatic carbocycles. The number of carbonyl (C=O) groups is 2. The van der Waals surface area contributed by atoms with Crippen molar-refractivity contribution in [2.45, 2.75) is 53.5 Å². The lowest BCUT2D eigenvalue weighted by Crippen LogP contribution is -2.50. The standard InChI is InChI=1S/C18H26N2O4/c1-5-18(17(23)24)8-7-9-19(11-18)15(21)14-12(3)10-13(4)20(6-2)16(14)22/h10H,5-9,11H2,1-4H3,(H,23,24)/t18-/m0/s1. The molecule has 132 valence electrons. The Hall–Kier alpha value is -2.11. The van der Waals surface area contributed by atoms with Crippen LogP contribution in [0.3, 0.4) is 0 Å². The van der Waals surface area contributed by atoms with Crippen LogP contribution >= 0.6 is 0 Å². The summed E-state index contributed by atoms with van der Waals surface area (Å²) in [5, 5.41) is 9.58. The minimum absolute atomic E-state index is 0.163. The molecular formula is C18H26N2O4. The zero-order valence-corrected chi connectivity index (χ0v) is 14.9. The number of carboxylic acid groups (broad SMARTS) is 1. The second-order valence-corrected chi connectivity index (χ2v) is 6.66. The van der Waals surface area contributed by atoms with Crippen LogP contribution in [0.15, 0.2) is 10.9 Å².